The SMILES string of the molecule is CC.CC.O=C([O-])c1cc2cc(C(=O)[O-])c(C(=O)[O-])cc2cc1C(=O)[O-].O=C([O-])c1ccc2cc(C(=O)[O-])ccc2c1. The van der Waals surface area contributed by atoms with Crippen LogP contribution in [0.3, 0.4) is 0 Å². The van der Waals surface area contributed by atoms with E-state index in [-0.39, 0.29) is 21.9 Å². The number of carboxylic acids is 6. The maximum Gasteiger partial charge on any atom is 0.0722 e. The van der Waals surface area contributed by atoms with Gasteiger partial charge in [0.25, 0.3) is 0 Å². The predicted octanol–water partition coefficient (Wildman–Crippen LogP) is -2.09. The van der Waals surface area contributed by atoms with E-state index in [0.717, 1.165) is 24.3 Å². The highest BCUT2D eigenvalue weighted by atomic mass is 16.4. The van der Waals surface area contributed by atoms with Gasteiger partial charge in [0.1, 0.15) is 0 Å². The normalized spacial score (nSPS) is 9.62. The van der Waals surface area contributed by atoms with Gasteiger partial charge in [-0.2, -0.15) is 0 Å². The third-order valence-electron chi connectivity index (χ3n) is 5.30. The van der Waals surface area contributed by atoms with E-state index in [2.05, 4.69) is 0 Å². The third-order valence-corrected chi connectivity index (χ3v) is 5.30. The number of hydrogen-bond acceptors (Lipinski definition) is 12. The second-order valence-electron chi connectivity index (χ2n) is 7.64. The monoisotopic (exact) mass is 574 g/mol. The molecule has 0 aromatic heterocycles. The molecule has 0 radical (unpaired) electrons. The zero-order valence-electron chi connectivity index (χ0n) is 22.7. The van der Waals surface area contributed by atoms with Gasteiger partial charge in [0.05, 0.1) is 35.8 Å². The summed E-state index contributed by atoms with van der Waals surface area (Å²) in [6.45, 7) is 8.00. The fraction of sp³-hybridized carbons (Fsp3) is 0.133. The number of fused-ring (bicyclic) bond motifs is 2. The van der Waals surface area contributed by atoms with Crippen LogP contribution in [-0.4, -0.2) is 35.8 Å². The Morgan fingerprint density at radius 2 is 0.595 bits per heavy atom. The molecule has 0 atom stereocenters. The molecule has 0 saturated carbocycles. The Balaban J connectivity index is 0.000000389. The van der Waals surface area contributed by atoms with Gasteiger partial charge in [-0.25, -0.2) is 0 Å². The molecular weight excluding hydrogens is 552 g/mol. The van der Waals surface area contributed by atoms with Crippen LogP contribution >= 0.6 is 0 Å². The van der Waals surface area contributed by atoms with Crippen LogP contribution in [-0.2, 0) is 0 Å². The Hall–Kier alpha value is -5.78. The molecule has 12 nitrogen and oxygen atoms in total. The van der Waals surface area contributed by atoms with Crippen molar-refractivity contribution in [1.29, 1.82) is 0 Å². The van der Waals surface area contributed by atoms with Gasteiger partial charge >= 0.3 is 0 Å². The van der Waals surface area contributed by atoms with E-state index in [1.165, 1.54) is 36.4 Å². The smallest absolute Gasteiger partial charge is 0.0722 e. The summed E-state index contributed by atoms with van der Waals surface area (Å²) in [5, 5.41) is 66.2. The maximum atomic E-state index is 10.9. The summed E-state index contributed by atoms with van der Waals surface area (Å²) in [6.07, 6.45) is 0. The van der Waals surface area contributed by atoms with E-state index in [1.807, 2.05) is 27.7 Å². The molecule has 0 fully saturated rings. The summed E-state index contributed by atoms with van der Waals surface area (Å²) in [5.74, 6) is -9.74. The van der Waals surface area contributed by atoms with E-state index in [9.17, 15) is 59.4 Å². The number of carbonyl (C=O) groups is 6. The molecule has 0 amide bonds. The van der Waals surface area contributed by atoms with Gasteiger partial charge in [-0.3, -0.25) is 0 Å². The summed E-state index contributed by atoms with van der Waals surface area (Å²) >= 11 is 0. The lowest BCUT2D eigenvalue weighted by molar-refractivity contribution is -0.259. The van der Waals surface area contributed by atoms with Crippen molar-refractivity contribution in [3.05, 3.63) is 94.0 Å². The predicted molar refractivity (Wildman–Crippen MR) is 137 cm³/mol. The minimum absolute atomic E-state index is 0.0200. The maximum absolute atomic E-state index is 10.9. The van der Waals surface area contributed by atoms with Crippen LogP contribution in [0.25, 0.3) is 21.5 Å². The molecule has 0 saturated heterocycles. The van der Waals surface area contributed by atoms with Gasteiger partial charge in [-0.15, -0.1) is 0 Å². The van der Waals surface area contributed by atoms with Crippen molar-refractivity contribution in [2.45, 2.75) is 27.7 Å². The van der Waals surface area contributed by atoms with Crippen molar-refractivity contribution in [2.75, 3.05) is 0 Å². The minimum Gasteiger partial charge on any atom is -0.545 e. The fourth-order valence-electron chi connectivity index (χ4n) is 3.52. The molecule has 0 aliphatic rings. The van der Waals surface area contributed by atoms with Crippen molar-refractivity contribution in [3.8, 4) is 0 Å². The standard InChI is InChI=1S/C14H8O8.C12H8O4.2C2H6/c15-11(16)7-1-5-2-9(13(19)20)10(14(21)22)4-6(5)3-8(7)12(17)18;13-11(14)9-3-1-7-5-10(12(15)16)4-2-8(7)6-9;2*1-2/h1-4H,(H,15,16)(H,17,18)(H,19,20)(H,21,22);1-6H,(H,13,14)(H,15,16);2*1-2H3/p-6. The first-order valence-corrected chi connectivity index (χ1v) is 12.2. The average molecular weight is 574 g/mol. The largest absolute Gasteiger partial charge is 0.545 e. The number of rotatable bonds is 6. The first-order chi connectivity index (χ1) is 19.8. The summed E-state index contributed by atoms with van der Waals surface area (Å²) in [7, 11) is 0. The topological polar surface area (TPSA) is 241 Å². The first-order valence-electron chi connectivity index (χ1n) is 12.2. The Kier molecular flexibility index (Phi) is 12.3. The lowest BCUT2D eigenvalue weighted by Gasteiger charge is -2.16. The Labute approximate surface area is 238 Å². The molecule has 0 heterocycles. The van der Waals surface area contributed by atoms with E-state index < -0.39 is 58.1 Å². The molecule has 42 heavy (non-hydrogen) atoms. The Morgan fingerprint density at radius 3 is 0.786 bits per heavy atom. The number of carbonyl (C=O) groups excluding carboxylic acids is 6. The van der Waals surface area contributed by atoms with Gasteiger partial charge in [0.2, 0.25) is 0 Å². The first kappa shape index (κ1) is 34.2. The van der Waals surface area contributed by atoms with E-state index >= 15 is 0 Å². The third kappa shape index (κ3) is 8.11. The summed E-state index contributed by atoms with van der Waals surface area (Å²) in [6, 6.07) is 12.1. The van der Waals surface area contributed by atoms with Crippen molar-refractivity contribution in [1.82, 2.24) is 0 Å². The van der Waals surface area contributed by atoms with Gasteiger partial charge in [-0.05, 0) is 69.1 Å². The molecule has 12 heteroatoms. The molecule has 0 aliphatic carbocycles. The number of carboxylic acid groups (broad SMARTS) is 6. The molecule has 4 aromatic carbocycles. The second-order valence-corrected chi connectivity index (χ2v) is 7.64. The average Bonchev–Trinajstić information content (AvgIpc) is 2.97. The van der Waals surface area contributed by atoms with Gasteiger partial charge in [-0.1, -0.05) is 52.0 Å². The highest BCUT2D eigenvalue weighted by Crippen LogP contribution is 2.24. The molecule has 4 aromatic rings. The highest BCUT2D eigenvalue weighted by Gasteiger charge is 2.12. The molecule has 0 N–H and O–H groups in total. The summed E-state index contributed by atoms with van der Waals surface area (Å²) in [4.78, 5) is 64.9. The van der Waals surface area contributed by atoms with Crippen molar-refractivity contribution in [3.63, 3.8) is 0 Å². The number of benzene rings is 4. The number of aromatic carboxylic acids is 6. The molecule has 0 unspecified atom stereocenters. The molecule has 220 valence electrons. The van der Waals surface area contributed by atoms with Gasteiger partial charge in [0.15, 0.2) is 0 Å². The van der Waals surface area contributed by atoms with Crippen LogP contribution in [0.2, 0.25) is 0 Å². The Morgan fingerprint density at radius 1 is 0.357 bits per heavy atom. The van der Waals surface area contributed by atoms with Crippen LogP contribution in [0.5, 0.6) is 0 Å². The molecule has 0 bridgehead atoms. The van der Waals surface area contributed by atoms with Gasteiger partial charge < -0.3 is 59.4 Å². The van der Waals surface area contributed by atoms with Crippen LogP contribution in [0, 0.1) is 0 Å². The lowest BCUT2D eigenvalue weighted by Crippen LogP contribution is -2.31. The number of hydrogen-bond donors (Lipinski definition) is 0. The quantitative estimate of drug-likeness (QED) is 0.241. The highest BCUT2D eigenvalue weighted by molar-refractivity contribution is 6.09. The molecule has 0 aliphatic heterocycles. The van der Waals surface area contributed by atoms with Gasteiger partial charge in [0, 0.05) is 22.3 Å². The van der Waals surface area contributed by atoms with E-state index in [0.29, 0.717) is 10.8 Å². The zero-order valence-corrected chi connectivity index (χ0v) is 22.7. The van der Waals surface area contributed by atoms with E-state index in [1.54, 1.807) is 0 Å². The van der Waals surface area contributed by atoms with Crippen LogP contribution in [0.1, 0.15) is 89.8 Å². The van der Waals surface area contributed by atoms with Crippen molar-refractivity contribution < 1.29 is 59.4 Å². The van der Waals surface area contributed by atoms with E-state index in [4.69, 9.17) is 0 Å². The summed E-state index contributed by atoms with van der Waals surface area (Å²) < 4.78 is 0. The molecule has 0 spiro atoms. The molecular formula is C30H22O12-6. The minimum atomic E-state index is -1.81. The van der Waals surface area contributed by atoms with Crippen molar-refractivity contribution >= 4 is 57.4 Å². The fourth-order valence-corrected chi connectivity index (χ4v) is 3.52. The lowest BCUT2D eigenvalue weighted by atomic mass is 9.96. The van der Waals surface area contributed by atoms with Crippen molar-refractivity contribution in [2.24, 2.45) is 0 Å². The Bertz CT molecular complexity index is 1490. The molecule has 4 rings (SSSR count). The van der Waals surface area contributed by atoms with Crippen LogP contribution < -0.4 is 30.6 Å². The van der Waals surface area contributed by atoms with Crippen LogP contribution in [0.15, 0.2) is 60.7 Å². The second kappa shape index (κ2) is 15.1. The van der Waals surface area contributed by atoms with Crippen LogP contribution in [0.4, 0.5) is 0 Å². The summed E-state index contributed by atoms with van der Waals surface area (Å²) in [5.41, 5.74) is -2.77. The zero-order chi connectivity index (χ0) is 32.3.